The topological polar surface area (TPSA) is 81.9 Å². The summed E-state index contributed by atoms with van der Waals surface area (Å²) in [5.74, 6) is 0.737. The van der Waals surface area contributed by atoms with Crippen LogP contribution >= 0.6 is 0 Å². The number of hydrogen-bond donors (Lipinski definition) is 1. The number of methoxy groups -OCH3 is 1. The summed E-state index contributed by atoms with van der Waals surface area (Å²) in [7, 11) is 1.62. The Kier molecular flexibility index (Phi) is 5.56. The van der Waals surface area contributed by atoms with Crippen LogP contribution in [0.15, 0.2) is 67.0 Å². The van der Waals surface area contributed by atoms with E-state index >= 15 is 0 Å². The Hall–Kier alpha value is -4.07. The van der Waals surface area contributed by atoms with Gasteiger partial charge in [0.05, 0.1) is 30.3 Å². The quantitative estimate of drug-likeness (QED) is 0.461. The van der Waals surface area contributed by atoms with Gasteiger partial charge in [0.1, 0.15) is 11.6 Å². The highest BCUT2D eigenvalue weighted by Crippen LogP contribution is 2.42. The Morgan fingerprint density at radius 1 is 1.18 bits per heavy atom. The normalized spacial score (nSPS) is 13.0. The van der Waals surface area contributed by atoms with Crippen molar-refractivity contribution >= 4 is 5.91 Å². The first-order valence-corrected chi connectivity index (χ1v) is 10.7. The molecule has 1 aliphatic rings. The Morgan fingerprint density at radius 3 is 2.82 bits per heavy atom. The van der Waals surface area contributed by atoms with Crippen molar-refractivity contribution in [1.29, 1.82) is 0 Å². The van der Waals surface area contributed by atoms with Gasteiger partial charge in [0, 0.05) is 24.2 Å². The highest BCUT2D eigenvalue weighted by molar-refractivity contribution is 5.95. The zero-order chi connectivity index (χ0) is 22.8. The molecule has 5 rings (SSSR count). The lowest BCUT2D eigenvalue weighted by Gasteiger charge is -2.11. The van der Waals surface area contributed by atoms with Crippen LogP contribution in [0.4, 0.5) is 4.39 Å². The number of hydrogen-bond acceptors (Lipinski definition) is 5. The maximum atomic E-state index is 13.4. The third-order valence-electron chi connectivity index (χ3n) is 5.57. The van der Waals surface area contributed by atoms with Gasteiger partial charge in [0.25, 0.3) is 11.9 Å². The van der Waals surface area contributed by atoms with Crippen LogP contribution in [0.3, 0.4) is 0 Å². The molecule has 0 saturated heterocycles. The zero-order valence-electron chi connectivity index (χ0n) is 18.0. The molecule has 0 aliphatic heterocycles. The summed E-state index contributed by atoms with van der Waals surface area (Å²) in [5, 5.41) is 7.32. The molecule has 166 valence electrons. The summed E-state index contributed by atoms with van der Waals surface area (Å²) in [6, 6.07) is 15.6. The van der Waals surface area contributed by atoms with Crippen LogP contribution in [0.1, 0.15) is 40.4 Å². The first-order chi connectivity index (χ1) is 16.1. The predicted octanol–water partition coefficient (Wildman–Crippen LogP) is 4.28. The predicted molar refractivity (Wildman–Crippen MR) is 121 cm³/mol. The molecule has 4 aromatic rings. The summed E-state index contributed by atoms with van der Waals surface area (Å²) in [6.45, 7) is 0.228. The molecule has 1 aliphatic carbocycles. The number of nitrogens with one attached hydrogen (secondary N) is 1. The summed E-state index contributed by atoms with van der Waals surface area (Å²) in [5.41, 5.74) is 3.52. The molecule has 2 heterocycles. The largest absolute Gasteiger partial charge is 0.496 e. The minimum Gasteiger partial charge on any atom is -0.496 e. The van der Waals surface area contributed by atoms with Gasteiger partial charge in [-0.2, -0.15) is 5.10 Å². The van der Waals surface area contributed by atoms with E-state index in [4.69, 9.17) is 9.72 Å². The Morgan fingerprint density at radius 2 is 2.03 bits per heavy atom. The number of halogens is 1. The molecule has 0 atom stereocenters. The summed E-state index contributed by atoms with van der Waals surface area (Å²) in [4.78, 5) is 22.1. The van der Waals surface area contributed by atoms with Gasteiger partial charge in [-0.15, -0.1) is 0 Å². The van der Waals surface area contributed by atoms with Crippen LogP contribution in [0, 0.1) is 5.82 Å². The summed E-state index contributed by atoms with van der Waals surface area (Å²) < 4.78 is 20.5. The number of rotatable bonds is 7. The highest BCUT2D eigenvalue weighted by atomic mass is 19.1. The molecule has 7 nitrogen and oxygen atoms in total. The second-order valence-electron chi connectivity index (χ2n) is 7.88. The molecule has 33 heavy (non-hydrogen) atoms. The fourth-order valence-electron chi connectivity index (χ4n) is 3.82. The maximum absolute atomic E-state index is 13.4. The van der Waals surface area contributed by atoms with Crippen LogP contribution in [0.25, 0.3) is 17.2 Å². The van der Waals surface area contributed by atoms with Crippen molar-refractivity contribution in [2.24, 2.45) is 0 Å². The molecule has 8 heteroatoms. The third kappa shape index (κ3) is 4.32. The average molecular weight is 443 g/mol. The molecule has 1 amide bonds. The van der Waals surface area contributed by atoms with Gasteiger partial charge >= 0.3 is 0 Å². The lowest BCUT2D eigenvalue weighted by molar-refractivity contribution is 0.0950. The van der Waals surface area contributed by atoms with Crippen molar-refractivity contribution in [1.82, 2.24) is 25.1 Å². The molecule has 0 spiro atoms. The SMILES string of the molecule is COc1ccccc1-c1ccnc(-n2ncc(C(=O)NCc3cccc(F)c3)c2C2CC2)n1. The Balaban J connectivity index is 1.45. The molecule has 0 radical (unpaired) electrons. The standard InChI is InChI=1S/C25H22FN5O2/c1-33-22-8-3-2-7-19(22)21-11-12-27-25(30-21)31-23(17-9-10-17)20(15-29-31)24(32)28-14-16-5-4-6-18(26)13-16/h2-8,11-13,15,17H,9-10,14H2,1H3,(H,28,32). The molecular formula is C25H22FN5O2. The van der Waals surface area contributed by atoms with Gasteiger partial charge in [-0.1, -0.05) is 24.3 Å². The number of benzene rings is 2. The Labute approximate surface area is 190 Å². The number of carbonyl (C=O) groups is 1. The van der Waals surface area contributed by atoms with Crippen molar-refractivity contribution < 1.29 is 13.9 Å². The highest BCUT2D eigenvalue weighted by Gasteiger charge is 2.33. The van der Waals surface area contributed by atoms with Crippen LogP contribution in [-0.2, 0) is 6.54 Å². The summed E-state index contributed by atoms with van der Waals surface area (Å²) in [6.07, 6.45) is 5.17. The van der Waals surface area contributed by atoms with Gasteiger partial charge in [0.15, 0.2) is 0 Å². The monoisotopic (exact) mass is 443 g/mol. The molecule has 2 aromatic carbocycles. The van der Waals surface area contributed by atoms with E-state index in [0.717, 1.165) is 24.1 Å². The second-order valence-corrected chi connectivity index (χ2v) is 7.88. The first-order valence-electron chi connectivity index (χ1n) is 10.7. The maximum Gasteiger partial charge on any atom is 0.255 e. The minimum atomic E-state index is -0.333. The fraction of sp³-hybridized carbons (Fsp3) is 0.200. The van der Waals surface area contributed by atoms with E-state index in [1.807, 2.05) is 30.3 Å². The lowest BCUT2D eigenvalue weighted by Crippen LogP contribution is -2.24. The number of ether oxygens (including phenoxy) is 1. The van der Waals surface area contributed by atoms with E-state index in [1.165, 1.54) is 12.1 Å². The fourth-order valence-corrected chi connectivity index (χ4v) is 3.82. The number of nitrogens with zero attached hydrogens (tertiary/aromatic N) is 4. The molecule has 1 saturated carbocycles. The van der Waals surface area contributed by atoms with E-state index < -0.39 is 0 Å². The van der Waals surface area contributed by atoms with Gasteiger partial charge < -0.3 is 10.1 Å². The lowest BCUT2D eigenvalue weighted by atomic mass is 10.1. The number of aromatic nitrogens is 4. The molecular weight excluding hydrogens is 421 g/mol. The van der Waals surface area contributed by atoms with Crippen molar-refractivity contribution in [3.63, 3.8) is 0 Å². The Bertz CT molecular complexity index is 1320. The van der Waals surface area contributed by atoms with Crippen molar-refractivity contribution in [3.05, 3.63) is 89.6 Å². The van der Waals surface area contributed by atoms with Crippen LogP contribution in [0.2, 0.25) is 0 Å². The van der Waals surface area contributed by atoms with Crippen molar-refractivity contribution in [2.45, 2.75) is 25.3 Å². The van der Waals surface area contributed by atoms with Crippen LogP contribution < -0.4 is 10.1 Å². The van der Waals surface area contributed by atoms with E-state index in [-0.39, 0.29) is 24.2 Å². The van der Waals surface area contributed by atoms with Gasteiger partial charge in [-0.05, 0) is 48.7 Å². The van der Waals surface area contributed by atoms with Crippen molar-refractivity contribution in [2.75, 3.05) is 7.11 Å². The summed E-state index contributed by atoms with van der Waals surface area (Å²) >= 11 is 0. The number of para-hydroxylation sites is 1. The molecule has 1 N–H and O–H groups in total. The molecule has 0 bridgehead atoms. The smallest absolute Gasteiger partial charge is 0.255 e. The van der Waals surface area contributed by atoms with Gasteiger partial charge in [-0.25, -0.2) is 19.0 Å². The first kappa shape index (κ1) is 20.8. The third-order valence-corrected chi connectivity index (χ3v) is 5.57. The van der Waals surface area contributed by atoms with Crippen molar-refractivity contribution in [3.8, 4) is 23.0 Å². The second kappa shape index (κ2) is 8.82. The van der Waals surface area contributed by atoms with Gasteiger partial charge in [0.2, 0.25) is 0 Å². The average Bonchev–Trinajstić information content (AvgIpc) is 3.60. The van der Waals surface area contributed by atoms with Crippen LogP contribution in [0.5, 0.6) is 5.75 Å². The van der Waals surface area contributed by atoms with E-state index in [0.29, 0.717) is 28.5 Å². The van der Waals surface area contributed by atoms with Crippen LogP contribution in [-0.4, -0.2) is 32.8 Å². The number of amides is 1. The molecule has 2 aromatic heterocycles. The van der Waals surface area contributed by atoms with E-state index in [1.54, 1.807) is 36.3 Å². The zero-order valence-corrected chi connectivity index (χ0v) is 18.0. The molecule has 0 unspecified atom stereocenters. The van der Waals surface area contributed by atoms with Gasteiger partial charge in [-0.3, -0.25) is 4.79 Å². The van der Waals surface area contributed by atoms with E-state index in [9.17, 15) is 9.18 Å². The minimum absolute atomic E-state index is 0.223. The van der Waals surface area contributed by atoms with E-state index in [2.05, 4.69) is 15.4 Å². The number of carbonyl (C=O) groups excluding carboxylic acids is 1. The molecule has 1 fully saturated rings.